The molecule has 25 heavy (non-hydrogen) atoms. The first-order valence-corrected chi connectivity index (χ1v) is 8.99. The van der Waals surface area contributed by atoms with Crippen molar-refractivity contribution in [2.45, 2.75) is 23.6 Å². The number of aliphatic imine (C=N–C) groups is 2. The van der Waals surface area contributed by atoms with Crippen molar-refractivity contribution in [3.8, 4) is 0 Å². The van der Waals surface area contributed by atoms with E-state index in [9.17, 15) is 8.42 Å². The number of hydrogen-bond acceptors (Lipinski definition) is 6. The van der Waals surface area contributed by atoms with Crippen LogP contribution in [0.1, 0.15) is 13.8 Å². The van der Waals surface area contributed by atoms with Crippen molar-refractivity contribution in [2.75, 3.05) is 14.2 Å². The molecule has 0 N–H and O–H groups in total. The summed E-state index contributed by atoms with van der Waals surface area (Å²) in [7, 11) is -0.545. The SMILES string of the molecule is COC(C)=Nc1ccc(S(=O)(=O)c2ccc(N=C(C)OC)cc2)cc1. The first-order chi connectivity index (χ1) is 11.9. The number of benzene rings is 2. The summed E-state index contributed by atoms with van der Waals surface area (Å²) in [4.78, 5) is 8.79. The van der Waals surface area contributed by atoms with Crippen molar-refractivity contribution in [1.29, 1.82) is 0 Å². The van der Waals surface area contributed by atoms with E-state index < -0.39 is 9.84 Å². The molecule has 2 aromatic rings. The molecule has 0 radical (unpaired) electrons. The van der Waals surface area contributed by atoms with Gasteiger partial charge < -0.3 is 9.47 Å². The highest BCUT2D eigenvalue weighted by Crippen LogP contribution is 2.25. The van der Waals surface area contributed by atoms with E-state index in [0.717, 1.165) is 0 Å². The molecule has 0 aliphatic heterocycles. The standard InChI is InChI=1S/C18H20N2O4S/c1-13(23-3)19-15-5-9-17(10-6-15)25(21,22)18-11-7-16(8-12-18)20-14(2)24-4/h5-12H,1-4H3. The highest BCUT2D eigenvalue weighted by Gasteiger charge is 2.17. The maximum absolute atomic E-state index is 12.7. The van der Waals surface area contributed by atoms with Crippen molar-refractivity contribution < 1.29 is 17.9 Å². The second-order valence-electron chi connectivity index (χ2n) is 5.16. The van der Waals surface area contributed by atoms with Crippen LogP contribution in [-0.2, 0) is 19.3 Å². The Labute approximate surface area is 147 Å². The van der Waals surface area contributed by atoms with E-state index in [2.05, 4.69) is 9.98 Å². The molecule has 0 spiro atoms. The minimum Gasteiger partial charge on any atom is -0.484 e. The van der Waals surface area contributed by atoms with E-state index in [0.29, 0.717) is 23.2 Å². The Kier molecular flexibility index (Phi) is 5.93. The number of sulfone groups is 1. The lowest BCUT2D eigenvalue weighted by Crippen LogP contribution is -2.01. The average Bonchev–Trinajstić information content (AvgIpc) is 2.62. The topological polar surface area (TPSA) is 77.3 Å². The normalized spacial score (nSPS) is 12.8. The van der Waals surface area contributed by atoms with Crippen LogP contribution in [0.15, 0.2) is 68.3 Å². The van der Waals surface area contributed by atoms with Crippen LogP contribution < -0.4 is 0 Å². The molecule has 0 unspecified atom stereocenters. The maximum atomic E-state index is 12.7. The summed E-state index contributed by atoms with van der Waals surface area (Å²) < 4.78 is 35.3. The molecule has 7 heteroatoms. The van der Waals surface area contributed by atoms with Crippen LogP contribution in [0.25, 0.3) is 0 Å². The molecule has 0 amide bonds. The monoisotopic (exact) mass is 360 g/mol. The van der Waals surface area contributed by atoms with Crippen molar-refractivity contribution in [3.63, 3.8) is 0 Å². The van der Waals surface area contributed by atoms with E-state index in [1.807, 2.05) is 0 Å². The number of methoxy groups -OCH3 is 2. The number of rotatable bonds is 4. The summed E-state index contributed by atoms with van der Waals surface area (Å²) in [5.41, 5.74) is 1.25. The van der Waals surface area contributed by atoms with Gasteiger partial charge in [-0.25, -0.2) is 18.4 Å². The number of ether oxygens (including phenoxy) is 2. The van der Waals surface area contributed by atoms with Crippen molar-refractivity contribution in [1.82, 2.24) is 0 Å². The Bertz CT molecular complexity index is 814. The third-order valence-corrected chi connectivity index (χ3v) is 5.24. The predicted molar refractivity (Wildman–Crippen MR) is 97.9 cm³/mol. The van der Waals surface area contributed by atoms with Gasteiger partial charge in [-0.3, -0.25) is 0 Å². The molecule has 0 aliphatic rings. The molecule has 0 atom stereocenters. The second-order valence-corrected chi connectivity index (χ2v) is 7.11. The summed E-state index contributed by atoms with van der Waals surface area (Å²) in [5, 5.41) is 0. The third kappa shape index (κ3) is 4.67. The van der Waals surface area contributed by atoms with Crippen LogP contribution >= 0.6 is 0 Å². The Morgan fingerprint density at radius 2 is 1.04 bits per heavy atom. The fraction of sp³-hybridized carbons (Fsp3) is 0.222. The van der Waals surface area contributed by atoms with E-state index in [1.54, 1.807) is 38.1 Å². The Morgan fingerprint density at radius 1 is 0.720 bits per heavy atom. The zero-order valence-corrected chi connectivity index (χ0v) is 15.4. The maximum Gasteiger partial charge on any atom is 0.206 e. The molecule has 0 heterocycles. The lowest BCUT2D eigenvalue weighted by Gasteiger charge is -2.06. The molecular formula is C18H20N2O4S. The highest BCUT2D eigenvalue weighted by molar-refractivity contribution is 7.91. The smallest absolute Gasteiger partial charge is 0.206 e. The molecule has 0 aliphatic carbocycles. The number of hydrogen-bond donors (Lipinski definition) is 0. The van der Waals surface area contributed by atoms with Gasteiger partial charge in [0, 0.05) is 13.8 Å². The van der Waals surface area contributed by atoms with Gasteiger partial charge in [-0.15, -0.1) is 0 Å². The average molecular weight is 360 g/mol. The van der Waals surface area contributed by atoms with E-state index >= 15 is 0 Å². The number of nitrogens with zero attached hydrogens (tertiary/aromatic N) is 2. The van der Waals surface area contributed by atoms with Crippen molar-refractivity contribution in [3.05, 3.63) is 48.5 Å². The molecule has 2 rings (SSSR count). The van der Waals surface area contributed by atoms with E-state index in [4.69, 9.17) is 9.47 Å². The molecule has 0 fully saturated rings. The van der Waals surface area contributed by atoms with Crippen LogP contribution in [0.2, 0.25) is 0 Å². The molecule has 0 bridgehead atoms. The summed E-state index contributed by atoms with van der Waals surface area (Å²) in [5.74, 6) is 0.996. The summed E-state index contributed by atoms with van der Waals surface area (Å²) in [6.07, 6.45) is 0. The van der Waals surface area contributed by atoms with Gasteiger partial charge in [0.15, 0.2) is 11.8 Å². The molecular weight excluding hydrogens is 340 g/mol. The molecule has 2 aromatic carbocycles. The van der Waals surface area contributed by atoms with Gasteiger partial charge in [0.2, 0.25) is 9.84 Å². The first kappa shape index (κ1) is 18.7. The highest BCUT2D eigenvalue weighted by atomic mass is 32.2. The fourth-order valence-electron chi connectivity index (χ4n) is 1.99. The van der Waals surface area contributed by atoms with Crippen LogP contribution in [0.5, 0.6) is 0 Å². The zero-order valence-electron chi connectivity index (χ0n) is 14.6. The molecule has 0 saturated carbocycles. The van der Waals surface area contributed by atoms with Crippen LogP contribution in [-0.4, -0.2) is 34.4 Å². The minimum atomic E-state index is -3.60. The quantitative estimate of drug-likeness (QED) is 0.612. The summed E-state index contributed by atoms with van der Waals surface area (Å²) >= 11 is 0. The third-order valence-electron chi connectivity index (χ3n) is 3.46. The van der Waals surface area contributed by atoms with Crippen LogP contribution in [0.3, 0.4) is 0 Å². The Morgan fingerprint density at radius 3 is 1.32 bits per heavy atom. The van der Waals surface area contributed by atoms with Gasteiger partial charge >= 0.3 is 0 Å². The lowest BCUT2D eigenvalue weighted by molar-refractivity contribution is 0.400. The van der Waals surface area contributed by atoms with Crippen LogP contribution in [0, 0.1) is 0 Å². The Hall–Kier alpha value is -2.67. The largest absolute Gasteiger partial charge is 0.484 e. The van der Waals surface area contributed by atoms with Gasteiger partial charge in [-0.05, 0) is 48.5 Å². The molecule has 6 nitrogen and oxygen atoms in total. The van der Waals surface area contributed by atoms with Crippen molar-refractivity contribution >= 4 is 33.0 Å². The molecule has 132 valence electrons. The van der Waals surface area contributed by atoms with Crippen LogP contribution in [0.4, 0.5) is 11.4 Å². The molecule has 0 saturated heterocycles. The second kappa shape index (κ2) is 7.94. The first-order valence-electron chi connectivity index (χ1n) is 7.50. The van der Waals surface area contributed by atoms with Gasteiger partial charge in [-0.2, -0.15) is 0 Å². The van der Waals surface area contributed by atoms with Crippen molar-refractivity contribution in [2.24, 2.45) is 9.98 Å². The molecule has 0 aromatic heterocycles. The van der Waals surface area contributed by atoms with E-state index in [1.165, 1.54) is 38.5 Å². The van der Waals surface area contributed by atoms with E-state index in [-0.39, 0.29) is 9.79 Å². The predicted octanol–water partition coefficient (Wildman–Crippen LogP) is 3.91. The van der Waals surface area contributed by atoms with Gasteiger partial charge in [0.25, 0.3) is 0 Å². The summed E-state index contributed by atoms with van der Waals surface area (Å²) in [6, 6.07) is 12.6. The Balaban J connectivity index is 2.29. The zero-order chi connectivity index (χ0) is 18.4. The summed E-state index contributed by atoms with van der Waals surface area (Å²) in [6.45, 7) is 3.44. The lowest BCUT2D eigenvalue weighted by atomic mass is 10.3. The van der Waals surface area contributed by atoms with Gasteiger partial charge in [-0.1, -0.05) is 0 Å². The fourth-order valence-corrected chi connectivity index (χ4v) is 3.25. The van der Waals surface area contributed by atoms with Gasteiger partial charge in [0.1, 0.15) is 0 Å². The minimum absolute atomic E-state index is 0.200. The van der Waals surface area contributed by atoms with Gasteiger partial charge in [0.05, 0.1) is 35.4 Å².